The molecule has 3 amide bonds. The van der Waals surface area contributed by atoms with Gasteiger partial charge in [0.1, 0.15) is 18.1 Å². The van der Waals surface area contributed by atoms with Gasteiger partial charge in [0.2, 0.25) is 17.7 Å². The van der Waals surface area contributed by atoms with Crippen molar-refractivity contribution in [3.05, 3.63) is 35.9 Å². The van der Waals surface area contributed by atoms with Gasteiger partial charge in [-0.25, -0.2) is 0 Å². The first-order valence-electron chi connectivity index (χ1n) is 9.10. The lowest BCUT2D eigenvalue weighted by atomic mass is 10.0. The molecule has 6 nitrogen and oxygen atoms in total. The van der Waals surface area contributed by atoms with Crippen LogP contribution in [0.25, 0.3) is 0 Å². The van der Waals surface area contributed by atoms with Crippen LogP contribution < -0.4 is 5.32 Å². The molecule has 0 spiro atoms. The Morgan fingerprint density at radius 1 is 0.880 bits per heavy atom. The van der Waals surface area contributed by atoms with Crippen molar-refractivity contribution in [2.75, 3.05) is 13.1 Å². The summed E-state index contributed by atoms with van der Waals surface area (Å²) in [6.45, 7) is 1.20. The minimum atomic E-state index is -0.608. The van der Waals surface area contributed by atoms with Crippen LogP contribution >= 0.6 is 0 Å². The van der Waals surface area contributed by atoms with Gasteiger partial charge in [0.25, 0.3) is 0 Å². The maximum Gasteiger partial charge on any atom is 0.246 e. The van der Waals surface area contributed by atoms with Gasteiger partial charge >= 0.3 is 0 Å². The van der Waals surface area contributed by atoms with E-state index in [1.807, 2.05) is 30.3 Å². The molecule has 132 valence electrons. The Bertz CT molecular complexity index is 690. The fourth-order valence-corrected chi connectivity index (χ4v) is 4.30. The van der Waals surface area contributed by atoms with Crippen molar-refractivity contribution in [3.8, 4) is 0 Å². The fraction of sp³-hybridized carbons (Fsp3) is 0.526. The standard InChI is InChI=1S/C19H23N3O3/c23-17-15-8-4-10-21(15)19(25)16-9-5-11-22(16)18(24)14(20-17)12-13-6-2-1-3-7-13/h1-3,6-7,14-16H,4-5,8-12H2,(H,20,23)/t14-,15-,16-/m0/s1. The Morgan fingerprint density at radius 2 is 1.52 bits per heavy atom. The molecule has 0 unspecified atom stereocenters. The Morgan fingerprint density at radius 3 is 2.24 bits per heavy atom. The van der Waals surface area contributed by atoms with Crippen molar-refractivity contribution in [3.63, 3.8) is 0 Å². The molecule has 3 saturated heterocycles. The van der Waals surface area contributed by atoms with Gasteiger partial charge in [0, 0.05) is 19.5 Å². The maximum absolute atomic E-state index is 13.1. The predicted octanol–water partition coefficient (Wildman–Crippen LogP) is 0.709. The van der Waals surface area contributed by atoms with Gasteiger partial charge in [0.05, 0.1) is 0 Å². The van der Waals surface area contributed by atoms with Crippen LogP contribution in [0, 0.1) is 0 Å². The van der Waals surface area contributed by atoms with Crippen LogP contribution in [0.4, 0.5) is 0 Å². The van der Waals surface area contributed by atoms with Crippen molar-refractivity contribution in [1.29, 1.82) is 0 Å². The van der Waals surface area contributed by atoms with Crippen molar-refractivity contribution in [2.24, 2.45) is 0 Å². The predicted molar refractivity (Wildman–Crippen MR) is 91.5 cm³/mol. The number of carbonyl (C=O) groups excluding carboxylic acids is 3. The van der Waals surface area contributed by atoms with E-state index in [2.05, 4.69) is 5.32 Å². The summed E-state index contributed by atoms with van der Waals surface area (Å²) in [4.78, 5) is 42.1. The molecular formula is C19H23N3O3. The largest absolute Gasteiger partial charge is 0.342 e. The number of benzene rings is 1. The second kappa shape index (κ2) is 6.50. The van der Waals surface area contributed by atoms with E-state index < -0.39 is 18.1 Å². The zero-order valence-electron chi connectivity index (χ0n) is 14.2. The number of hydrogen-bond donors (Lipinski definition) is 1. The third-order valence-electron chi connectivity index (χ3n) is 5.56. The summed E-state index contributed by atoms with van der Waals surface area (Å²) >= 11 is 0. The first-order valence-corrected chi connectivity index (χ1v) is 9.10. The Labute approximate surface area is 147 Å². The molecule has 3 aliphatic heterocycles. The third kappa shape index (κ3) is 2.90. The smallest absolute Gasteiger partial charge is 0.246 e. The van der Waals surface area contributed by atoms with E-state index in [0.29, 0.717) is 32.4 Å². The van der Waals surface area contributed by atoms with Crippen LogP contribution in [-0.4, -0.2) is 58.7 Å². The van der Waals surface area contributed by atoms with Crippen molar-refractivity contribution < 1.29 is 14.4 Å². The highest BCUT2D eigenvalue weighted by Gasteiger charge is 2.45. The molecule has 0 saturated carbocycles. The summed E-state index contributed by atoms with van der Waals surface area (Å²) in [6.07, 6.45) is 3.51. The molecule has 25 heavy (non-hydrogen) atoms. The molecule has 0 aromatic heterocycles. The highest BCUT2D eigenvalue weighted by atomic mass is 16.2. The highest BCUT2D eigenvalue weighted by molar-refractivity contribution is 5.98. The van der Waals surface area contributed by atoms with Gasteiger partial charge in [-0.2, -0.15) is 0 Å². The van der Waals surface area contributed by atoms with Crippen LogP contribution in [0.3, 0.4) is 0 Å². The number of rotatable bonds is 2. The molecule has 0 radical (unpaired) electrons. The zero-order valence-corrected chi connectivity index (χ0v) is 14.2. The van der Waals surface area contributed by atoms with Gasteiger partial charge in [-0.15, -0.1) is 0 Å². The SMILES string of the molecule is O=C1N[C@@H](Cc2ccccc2)C(=O)N2CCC[C@H]2C(=O)N2CCC[C@@H]12. The van der Waals surface area contributed by atoms with E-state index >= 15 is 0 Å². The summed E-state index contributed by atoms with van der Waals surface area (Å²) in [5, 5.41) is 2.94. The minimum absolute atomic E-state index is 0.0520. The second-order valence-corrected chi connectivity index (χ2v) is 7.13. The maximum atomic E-state index is 13.1. The Hall–Kier alpha value is -2.37. The normalized spacial score (nSPS) is 29.6. The Kier molecular flexibility index (Phi) is 4.19. The van der Waals surface area contributed by atoms with Crippen LogP contribution in [0.5, 0.6) is 0 Å². The number of amides is 3. The van der Waals surface area contributed by atoms with E-state index in [1.54, 1.807) is 9.80 Å². The quantitative estimate of drug-likeness (QED) is 0.861. The first-order chi connectivity index (χ1) is 12.1. The van der Waals surface area contributed by atoms with Crippen molar-refractivity contribution in [2.45, 2.75) is 50.2 Å². The van der Waals surface area contributed by atoms with E-state index in [1.165, 1.54) is 0 Å². The van der Waals surface area contributed by atoms with Gasteiger partial charge in [-0.05, 0) is 31.2 Å². The molecule has 3 atom stereocenters. The third-order valence-corrected chi connectivity index (χ3v) is 5.56. The molecule has 6 heteroatoms. The van der Waals surface area contributed by atoms with Gasteiger partial charge < -0.3 is 15.1 Å². The van der Waals surface area contributed by atoms with E-state index in [0.717, 1.165) is 18.4 Å². The number of carbonyl (C=O) groups is 3. The molecule has 3 heterocycles. The minimum Gasteiger partial charge on any atom is -0.342 e. The van der Waals surface area contributed by atoms with Gasteiger partial charge in [0.15, 0.2) is 0 Å². The molecule has 0 bridgehead atoms. The van der Waals surface area contributed by atoms with Crippen molar-refractivity contribution in [1.82, 2.24) is 15.1 Å². The topological polar surface area (TPSA) is 69.7 Å². The average Bonchev–Trinajstić information content (AvgIpc) is 3.29. The lowest BCUT2D eigenvalue weighted by molar-refractivity contribution is -0.144. The molecule has 1 N–H and O–H groups in total. The van der Waals surface area contributed by atoms with E-state index in [4.69, 9.17) is 0 Å². The molecular weight excluding hydrogens is 318 g/mol. The number of nitrogens with zero attached hydrogens (tertiary/aromatic N) is 2. The summed E-state index contributed by atoms with van der Waals surface area (Å²) in [7, 11) is 0. The second-order valence-electron chi connectivity index (χ2n) is 7.13. The monoisotopic (exact) mass is 341 g/mol. The molecule has 3 aliphatic rings. The number of fused-ring (bicyclic) bond motifs is 2. The number of hydrogen-bond acceptors (Lipinski definition) is 3. The zero-order chi connectivity index (χ0) is 17.4. The van der Waals surface area contributed by atoms with E-state index in [-0.39, 0.29) is 17.7 Å². The van der Waals surface area contributed by atoms with Crippen LogP contribution in [0.2, 0.25) is 0 Å². The highest BCUT2D eigenvalue weighted by Crippen LogP contribution is 2.27. The fourth-order valence-electron chi connectivity index (χ4n) is 4.30. The Balaban J connectivity index is 1.66. The summed E-state index contributed by atoms with van der Waals surface area (Å²) in [5.74, 6) is -0.376. The summed E-state index contributed by atoms with van der Waals surface area (Å²) in [6, 6.07) is 8.26. The lowest BCUT2D eigenvalue weighted by Gasteiger charge is -2.29. The summed E-state index contributed by atoms with van der Waals surface area (Å²) in [5.41, 5.74) is 1.01. The molecule has 0 aliphatic carbocycles. The molecule has 3 fully saturated rings. The van der Waals surface area contributed by atoms with Crippen LogP contribution in [0.15, 0.2) is 30.3 Å². The molecule has 1 aromatic carbocycles. The van der Waals surface area contributed by atoms with E-state index in [9.17, 15) is 14.4 Å². The van der Waals surface area contributed by atoms with Crippen LogP contribution in [-0.2, 0) is 20.8 Å². The molecule has 4 rings (SSSR count). The van der Waals surface area contributed by atoms with Crippen LogP contribution in [0.1, 0.15) is 31.2 Å². The molecule has 1 aromatic rings. The first kappa shape index (κ1) is 16.1. The number of nitrogens with one attached hydrogen (secondary N) is 1. The summed E-state index contributed by atoms with van der Waals surface area (Å²) < 4.78 is 0. The van der Waals surface area contributed by atoms with Crippen molar-refractivity contribution >= 4 is 17.7 Å². The average molecular weight is 341 g/mol. The lowest BCUT2D eigenvalue weighted by Crippen LogP contribution is -2.52. The van der Waals surface area contributed by atoms with Gasteiger partial charge in [-0.1, -0.05) is 30.3 Å². The van der Waals surface area contributed by atoms with Gasteiger partial charge in [-0.3, -0.25) is 14.4 Å².